The van der Waals surface area contributed by atoms with Gasteiger partial charge in [0.2, 0.25) is 0 Å². The van der Waals surface area contributed by atoms with Crippen molar-refractivity contribution >= 4 is 0 Å². The number of aromatic nitrogens is 4. The summed E-state index contributed by atoms with van der Waals surface area (Å²) >= 11 is 0. The van der Waals surface area contributed by atoms with Crippen LogP contribution >= 0.6 is 0 Å². The lowest BCUT2D eigenvalue weighted by atomic mass is 10.1. The maximum atomic E-state index is 4.65. The van der Waals surface area contributed by atoms with E-state index in [1.807, 2.05) is 17.8 Å². The molecular weight excluding hydrogens is 274 g/mol. The number of hydrogen-bond donors (Lipinski definition) is 1. The molecule has 1 aliphatic rings. The number of nitrogens with zero attached hydrogens (tertiary/aromatic N) is 4. The number of hydrogen-bond acceptors (Lipinski definition) is 3. The van der Waals surface area contributed by atoms with Crippen LogP contribution in [0.15, 0.2) is 42.9 Å². The van der Waals surface area contributed by atoms with E-state index in [0.29, 0.717) is 0 Å². The molecule has 2 aromatic heterocycles. The van der Waals surface area contributed by atoms with Gasteiger partial charge in [-0.1, -0.05) is 30.3 Å². The zero-order valence-electron chi connectivity index (χ0n) is 12.7. The summed E-state index contributed by atoms with van der Waals surface area (Å²) in [4.78, 5) is 10.1. The van der Waals surface area contributed by atoms with Gasteiger partial charge in [0.25, 0.3) is 0 Å². The molecule has 5 heteroatoms. The number of fused-ring (bicyclic) bond motifs is 1. The van der Waals surface area contributed by atoms with Crippen LogP contribution in [0.1, 0.15) is 17.0 Å². The van der Waals surface area contributed by atoms with Gasteiger partial charge >= 0.3 is 0 Å². The molecule has 0 saturated heterocycles. The van der Waals surface area contributed by atoms with Crippen LogP contribution in [-0.4, -0.2) is 31.2 Å². The molecule has 0 fully saturated rings. The van der Waals surface area contributed by atoms with E-state index in [-0.39, 0.29) is 0 Å². The van der Waals surface area contributed by atoms with E-state index in [1.165, 1.54) is 22.5 Å². The number of imidazole rings is 1. The topological polar surface area (TPSA) is 49.7 Å². The van der Waals surface area contributed by atoms with Crippen LogP contribution < -0.4 is 0 Å². The highest BCUT2D eigenvalue weighted by Crippen LogP contribution is 2.24. The highest BCUT2D eigenvalue weighted by molar-refractivity contribution is 5.62. The van der Waals surface area contributed by atoms with Gasteiger partial charge in [-0.05, 0) is 0 Å². The third kappa shape index (κ3) is 2.44. The van der Waals surface area contributed by atoms with Crippen molar-refractivity contribution in [2.45, 2.75) is 19.5 Å². The smallest absolute Gasteiger partial charge is 0.0968 e. The maximum Gasteiger partial charge on any atom is 0.0968 e. The first-order chi connectivity index (χ1) is 10.8. The van der Waals surface area contributed by atoms with E-state index in [1.54, 1.807) is 6.33 Å². The molecule has 0 atom stereocenters. The van der Waals surface area contributed by atoms with Gasteiger partial charge in [-0.25, -0.2) is 4.98 Å². The van der Waals surface area contributed by atoms with Crippen molar-refractivity contribution in [2.75, 3.05) is 6.54 Å². The van der Waals surface area contributed by atoms with Crippen LogP contribution in [0.5, 0.6) is 0 Å². The van der Waals surface area contributed by atoms with Crippen LogP contribution in [0, 0.1) is 0 Å². The summed E-state index contributed by atoms with van der Waals surface area (Å²) in [5.41, 5.74) is 6.00. The Balaban J connectivity index is 1.59. The van der Waals surface area contributed by atoms with Crippen molar-refractivity contribution < 1.29 is 0 Å². The van der Waals surface area contributed by atoms with Crippen molar-refractivity contribution in [3.05, 3.63) is 59.8 Å². The number of rotatable bonds is 3. The molecule has 5 nitrogen and oxygen atoms in total. The van der Waals surface area contributed by atoms with Crippen LogP contribution in [-0.2, 0) is 26.6 Å². The standard InChI is InChI=1S/C17H19N5/c1-21-9-14(17(20-21)13-5-3-2-4-6-13)10-22-8-7-15-16(11-22)19-12-18-15/h2-6,9,12H,7-8,10-11H2,1H3,(H,18,19). The Morgan fingerprint density at radius 2 is 2.09 bits per heavy atom. The zero-order chi connectivity index (χ0) is 14.9. The minimum Gasteiger partial charge on any atom is -0.347 e. The molecule has 22 heavy (non-hydrogen) atoms. The molecule has 112 valence electrons. The molecule has 1 aromatic carbocycles. The summed E-state index contributed by atoms with van der Waals surface area (Å²) < 4.78 is 1.91. The highest BCUT2D eigenvalue weighted by Gasteiger charge is 2.20. The van der Waals surface area contributed by atoms with Gasteiger partial charge < -0.3 is 4.98 Å². The van der Waals surface area contributed by atoms with Crippen LogP contribution in [0.25, 0.3) is 11.3 Å². The van der Waals surface area contributed by atoms with Crippen molar-refractivity contribution in [1.82, 2.24) is 24.6 Å². The summed E-state index contributed by atoms with van der Waals surface area (Å²) in [7, 11) is 1.99. The Morgan fingerprint density at radius 3 is 2.95 bits per heavy atom. The van der Waals surface area contributed by atoms with Gasteiger partial charge in [0.1, 0.15) is 0 Å². The fraction of sp³-hybridized carbons (Fsp3) is 0.294. The monoisotopic (exact) mass is 293 g/mol. The molecule has 4 rings (SSSR count). The summed E-state index contributed by atoms with van der Waals surface area (Å²) in [5, 5.41) is 4.65. The number of nitrogens with one attached hydrogen (secondary N) is 1. The largest absolute Gasteiger partial charge is 0.347 e. The van der Waals surface area contributed by atoms with Gasteiger partial charge in [0.15, 0.2) is 0 Å². The second kappa shape index (κ2) is 5.42. The zero-order valence-corrected chi connectivity index (χ0v) is 12.7. The van der Waals surface area contributed by atoms with E-state index in [2.05, 4.69) is 50.4 Å². The van der Waals surface area contributed by atoms with Gasteiger partial charge in [0.05, 0.1) is 23.4 Å². The molecule has 3 aromatic rings. The van der Waals surface area contributed by atoms with Crippen molar-refractivity contribution in [1.29, 1.82) is 0 Å². The van der Waals surface area contributed by atoms with E-state index in [9.17, 15) is 0 Å². The number of aryl methyl sites for hydroxylation is 1. The second-order valence-electron chi connectivity index (χ2n) is 5.83. The van der Waals surface area contributed by atoms with E-state index in [0.717, 1.165) is 31.7 Å². The third-order valence-corrected chi connectivity index (χ3v) is 4.20. The molecule has 0 spiro atoms. The Labute approximate surface area is 129 Å². The summed E-state index contributed by atoms with van der Waals surface area (Å²) in [6.45, 7) is 2.88. The van der Waals surface area contributed by atoms with Crippen molar-refractivity contribution in [3.8, 4) is 11.3 Å². The first-order valence-electron chi connectivity index (χ1n) is 7.61. The van der Waals surface area contributed by atoms with Gasteiger partial charge in [-0.15, -0.1) is 0 Å². The number of H-pyrrole nitrogens is 1. The molecule has 0 saturated carbocycles. The lowest BCUT2D eigenvalue weighted by Crippen LogP contribution is -2.30. The molecule has 0 aliphatic carbocycles. The second-order valence-corrected chi connectivity index (χ2v) is 5.83. The Morgan fingerprint density at radius 1 is 1.23 bits per heavy atom. The molecule has 0 amide bonds. The Bertz CT molecular complexity index is 771. The average Bonchev–Trinajstić information content (AvgIpc) is 3.14. The molecule has 0 bridgehead atoms. The van der Waals surface area contributed by atoms with Gasteiger partial charge in [-0.2, -0.15) is 5.10 Å². The molecule has 3 heterocycles. The van der Waals surface area contributed by atoms with Crippen LogP contribution in [0.3, 0.4) is 0 Å². The Hall–Kier alpha value is -2.40. The van der Waals surface area contributed by atoms with Crippen molar-refractivity contribution in [2.24, 2.45) is 7.05 Å². The average molecular weight is 293 g/mol. The third-order valence-electron chi connectivity index (χ3n) is 4.20. The SMILES string of the molecule is Cn1cc(CN2CCc3nc[nH]c3C2)c(-c2ccccc2)n1. The predicted octanol–water partition coefficient (Wildman–Crippen LogP) is 2.37. The molecule has 0 radical (unpaired) electrons. The Kier molecular flexibility index (Phi) is 3.27. The van der Waals surface area contributed by atoms with E-state index >= 15 is 0 Å². The van der Waals surface area contributed by atoms with Crippen LogP contribution in [0.2, 0.25) is 0 Å². The highest BCUT2D eigenvalue weighted by atomic mass is 15.3. The maximum absolute atomic E-state index is 4.65. The van der Waals surface area contributed by atoms with Crippen LogP contribution in [0.4, 0.5) is 0 Å². The van der Waals surface area contributed by atoms with Crippen molar-refractivity contribution in [3.63, 3.8) is 0 Å². The van der Waals surface area contributed by atoms with Gasteiger partial charge in [0, 0.05) is 50.4 Å². The molecule has 1 aliphatic heterocycles. The lowest BCUT2D eigenvalue weighted by molar-refractivity contribution is 0.242. The fourth-order valence-corrected chi connectivity index (χ4v) is 3.14. The molecular formula is C17H19N5. The first-order valence-corrected chi connectivity index (χ1v) is 7.61. The minimum atomic E-state index is 0.913. The lowest BCUT2D eigenvalue weighted by Gasteiger charge is -2.25. The fourth-order valence-electron chi connectivity index (χ4n) is 3.14. The van der Waals surface area contributed by atoms with E-state index < -0.39 is 0 Å². The molecule has 1 N–H and O–H groups in total. The minimum absolute atomic E-state index is 0.913. The summed E-state index contributed by atoms with van der Waals surface area (Å²) in [6.07, 6.45) is 4.94. The molecule has 0 unspecified atom stereocenters. The number of aromatic amines is 1. The van der Waals surface area contributed by atoms with E-state index in [4.69, 9.17) is 0 Å². The summed E-state index contributed by atoms with van der Waals surface area (Å²) in [6, 6.07) is 10.4. The quantitative estimate of drug-likeness (QED) is 0.806. The van der Waals surface area contributed by atoms with Gasteiger partial charge in [-0.3, -0.25) is 9.58 Å². The number of benzene rings is 1. The normalized spacial score (nSPS) is 15.0. The first kappa shape index (κ1) is 13.3. The summed E-state index contributed by atoms with van der Waals surface area (Å²) in [5.74, 6) is 0. The predicted molar refractivity (Wildman–Crippen MR) is 85.0 cm³/mol.